The van der Waals surface area contributed by atoms with Crippen molar-refractivity contribution >= 4 is 0 Å². The molecule has 1 rings (SSSR count). The number of ether oxygens (including phenoxy) is 2. The van der Waals surface area contributed by atoms with Crippen LogP contribution in [-0.2, 0) is 6.54 Å². The topological polar surface area (TPSA) is 82.3 Å². The van der Waals surface area contributed by atoms with Crippen LogP contribution in [0.15, 0.2) is 6.33 Å². The van der Waals surface area contributed by atoms with Gasteiger partial charge in [0.2, 0.25) is 11.8 Å². The van der Waals surface area contributed by atoms with Crippen LogP contribution in [0.1, 0.15) is 12.0 Å². The van der Waals surface area contributed by atoms with Crippen molar-refractivity contribution in [3.63, 3.8) is 0 Å². The third-order valence-corrected chi connectivity index (χ3v) is 2.11. The minimum absolute atomic E-state index is 0.534. The van der Waals surface area contributed by atoms with Gasteiger partial charge in [-0.1, -0.05) is 0 Å². The van der Waals surface area contributed by atoms with E-state index < -0.39 is 0 Å². The van der Waals surface area contributed by atoms with Gasteiger partial charge in [-0.15, -0.1) is 0 Å². The first kappa shape index (κ1) is 12.7. The Morgan fingerprint density at radius 2 is 1.88 bits per heavy atom. The Morgan fingerprint density at radius 1 is 1.25 bits per heavy atom. The molecule has 16 heavy (non-hydrogen) atoms. The highest BCUT2D eigenvalue weighted by Gasteiger charge is 2.11. The number of hydrogen-bond donors (Lipinski definition) is 2. The molecule has 0 spiro atoms. The van der Waals surface area contributed by atoms with Crippen LogP contribution in [0.25, 0.3) is 0 Å². The maximum Gasteiger partial charge on any atom is 0.224 e. The maximum atomic E-state index is 5.41. The molecule has 0 saturated heterocycles. The van der Waals surface area contributed by atoms with E-state index in [4.69, 9.17) is 15.2 Å². The fourth-order valence-electron chi connectivity index (χ4n) is 1.32. The summed E-state index contributed by atoms with van der Waals surface area (Å²) in [5.41, 5.74) is 6.23. The summed E-state index contributed by atoms with van der Waals surface area (Å²) < 4.78 is 10.3. The van der Waals surface area contributed by atoms with Crippen molar-refractivity contribution in [2.24, 2.45) is 5.73 Å². The average molecular weight is 226 g/mol. The molecule has 0 saturated carbocycles. The third-order valence-electron chi connectivity index (χ3n) is 2.11. The van der Waals surface area contributed by atoms with E-state index in [0.717, 1.165) is 18.5 Å². The number of methoxy groups -OCH3 is 2. The molecule has 0 aliphatic rings. The maximum absolute atomic E-state index is 5.41. The van der Waals surface area contributed by atoms with Crippen molar-refractivity contribution < 1.29 is 9.47 Å². The Balaban J connectivity index is 2.67. The Labute approximate surface area is 95.2 Å². The molecule has 3 N–H and O–H groups in total. The van der Waals surface area contributed by atoms with Crippen molar-refractivity contribution in [2.75, 3.05) is 27.3 Å². The van der Waals surface area contributed by atoms with E-state index in [1.807, 2.05) is 0 Å². The molecular weight excluding hydrogens is 208 g/mol. The fraction of sp³-hybridized carbons (Fsp3) is 0.600. The van der Waals surface area contributed by atoms with Gasteiger partial charge >= 0.3 is 0 Å². The van der Waals surface area contributed by atoms with E-state index >= 15 is 0 Å². The molecule has 90 valence electrons. The molecule has 1 aromatic rings. The lowest BCUT2D eigenvalue weighted by molar-refractivity contribution is 0.359. The molecule has 0 aliphatic carbocycles. The second kappa shape index (κ2) is 6.97. The Hall–Kier alpha value is -1.40. The standard InChI is InChI=1S/C10H18N4O2/c1-15-9-8(6-12-5-3-4-11)10(16-2)14-7-13-9/h7,12H,3-6,11H2,1-2H3. The van der Waals surface area contributed by atoms with Gasteiger partial charge in [-0.25, -0.2) is 9.97 Å². The van der Waals surface area contributed by atoms with Crippen LogP contribution in [-0.4, -0.2) is 37.3 Å². The predicted molar refractivity (Wildman–Crippen MR) is 60.5 cm³/mol. The van der Waals surface area contributed by atoms with Gasteiger partial charge in [-0.05, 0) is 19.5 Å². The van der Waals surface area contributed by atoms with Crippen LogP contribution < -0.4 is 20.5 Å². The summed E-state index contributed by atoms with van der Waals surface area (Å²) in [5.74, 6) is 1.07. The molecule has 0 aliphatic heterocycles. The first-order valence-corrected chi connectivity index (χ1v) is 5.16. The van der Waals surface area contributed by atoms with Gasteiger partial charge in [0.25, 0.3) is 0 Å². The van der Waals surface area contributed by atoms with E-state index in [9.17, 15) is 0 Å². The Kier molecular flexibility index (Phi) is 5.52. The van der Waals surface area contributed by atoms with Crippen molar-refractivity contribution in [1.82, 2.24) is 15.3 Å². The number of nitrogens with two attached hydrogens (primary N) is 1. The summed E-state index contributed by atoms with van der Waals surface area (Å²) >= 11 is 0. The molecule has 0 amide bonds. The second-order valence-corrected chi connectivity index (χ2v) is 3.19. The number of aromatic nitrogens is 2. The minimum Gasteiger partial charge on any atom is -0.481 e. The normalized spacial score (nSPS) is 10.2. The van der Waals surface area contributed by atoms with Crippen molar-refractivity contribution in [3.05, 3.63) is 11.9 Å². The molecule has 0 fully saturated rings. The van der Waals surface area contributed by atoms with Crippen LogP contribution in [0, 0.1) is 0 Å². The monoisotopic (exact) mass is 226 g/mol. The molecule has 0 bridgehead atoms. The summed E-state index contributed by atoms with van der Waals surface area (Å²) in [4.78, 5) is 8.05. The van der Waals surface area contributed by atoms with Crippen LogP contribution in [0.5, 0.6) is 11.8 Å². The van der Waals surface area contributed by atoms with Gasteiger partial charge in [0.1, 0.15) is 6.33 Å². The summed E-state index contributed by atoms with van der Waals surface area (Å²) in [6.45, 7) is 2.12. The molecule has 6 nitrogen and oxygen atoms in total. The summed E-state index contributed by atoms with van der Waals surface area (Å²) in [6, 6.07) is 0. The van der Waals surface area contributed by atoms with Crippen molar-refractivity contribution in [1.29, 1.82) is 0 Å². The lowest BCUT2D eigenvalue weighted by atomic mass is 10.3. The number of rotatable bonds is 7. The molecule has 0 aromatic carbocycles. The van der Waals surface area contributed by atoms with E-state index in [0.29, 0.717) is 24.8 Å². The van der Waals surface area contributed by atoms with Crippen LogP contribution in [0.2, 0.25) is 0 Å². The highest BCUT2D eigenvalue weighted by atomic mass is 16.5. The molecule has 1 aromatic heterocycles. The smallest absolute Gasteiger partial charge is 0.224 e. The highest BCUT2D eigenvalue weighted by molar-refractivity contribution is 5.34. The number of nitrogens with one attached hydrogen (secondary N) is 1. The fourth-order valence-corrected chi connectivity index (χ4v) is 1.32. The van der Waals surface area contributed by atoms with Crippen molar-refractivity contribution in [3.8, 4) is 11.8 Å². The Bertz CT molecular complexity index is 297. The zero-order valence-corrected chi connectivity index (χ0v) is 9.69. The van der Waals surface area contributed by atoms with Gasteiger partial charge in [0, 0.05) is 6.54 Å². The first-order valence-electron chi connectivity index (χ1n) is 5.16. The van der Waals surface area contributed by atoms with E-state index in [1.165, 1.54) is 6.33 Å². The quantitative estimate of drug-likeness (QED) is 0.633. The summed E-state index contributed by atoms with van der Waals surface area (Å²) in [7, 11) is 3.15. The zero-order valence-electron chi connectivity index (χ0n) is 9.69. The van der Waals surface area contributed by atoms with Gasteiger partial charge in [0.05, 0.1) is 19.8 Å². The van der Waals surface area contributed by atoms with E-state index in [2.05, 4.69) is 15.3 Å². The minimum atomic E-state index is 0.534. The van der Waals surface area contributed by atoms with Crippen LogP contribution in [0.4, 0.5) is 0 Å². The first-order chi connectivity index (χ1) is 7.83. The molecule has 0 radical (unpaired) electrons. The third kappa shape index (κ3) is 3.32. The van der Waals surface area contributed by atoms with Gasteiger partial charge in [-0.3, -0.25) is 0 Å². The lowest BCUT2D eigenvalue weighted by Crippen LogP contribution is -2.19. The largest absolute Gasteiger partial charge is 0.481 e. The van der Waals surface area contributed by atoms with Gasteiger partial charge in [-0.2, -0.15) is 0 Å². The van der Waals surface area contributed by atoms with Crippen molar-refractivity contribution in [2.45, 2.75) is 13.0 Å². The average Bonchev–Trinajstić information content (AvgIpc) is 2.34. The molecular formula is C10H18N4O2. The predicted octanol–water partition coefficient (Wildman–Crippen LogP) is -0.0678. The summed E-state index contributed by atoms with van der Waals surface area (Å²) in [6.07, 6.45) is 2.35. The molecule has 6 heteroatoms. The molecule has 1 heterocycles. The number of hydrogen-bond acceptors (Lipinski definition) is 6. The zero-order chi connectivity index (χ0) is 11.8. The summed E-state index contributed by atoms with van der Waals surface area (Å²) in [5, 5.41) is 3.23. The van der Waals surface area contributed by atoms with Gasteiger partial charge < -0.3 is 20.5 Å². The van der Waals surface area contributed by atoms with Crippen LogP contribution >= 0.6 is 0 Å². The van der Waals surface area contributed by atoms with Gasteiger partial charge in [0.15, 0.2) is 0 Å². The second-order valence-electron chi connectivity index (χ2n) is 3.19. The highest BCUT2D eigenvalue weighted by Crippen LogP contribution is 2.22. The van der Waals surface area contributed by atoms with E-state index in [-0.39, 0.29) is 0 Å². The number of nitrogens with zero attached hydrogens (tertiary/aromatic N) is 2. The SMILES string of the molecule is COc1ncnc(OC)c1CNCCCN. The van der Waals surface area contributed by atoms with Crippen LogP contribution in [0.3, 0.4) is 0 Å². The lowest BCUT2D eigenvalue weighted by Gasteiger charge is -2.11. The van der Waals surface area contributed by atoms with E-state index in [1.54, 1.807) is 14.2 Å². The Morgan fingerprint density at radius 3 is 2.38 bits per heavy atom. The molecule has 0 unspecified atom stereocenters. The molecule has 0 atom stereocenters.